The lowest BCUT2D eigenvalue weighted by atomic mass is 9.85. The first kappa shape index (κ1) is 26.4. The van der Waals surface area contributed by atoms with Crippen LogP contribution in [0.3, 0.4) is 0 Å². The number of likely N-dealkylation sites (tertiary alicyclic amines) is 1. The van der Waals surface area contributed by atoms with Crippen molar-refractivity contribution in [1.29, 1.82) is 0 Å². The van der Waals surface area contributed by atoms with Crippen molar-refractivity contribution in [2.75, 3.05) is 26.3 Å². The van der Waals surface area contributed by atoms with Gasteiger partial charge in [0.05, 0.1) is 12.2 Å². The third-order valence-electron chi connectivity index (χ3n) is 7.44. The van der Waals surface area contributed by atoms with E-state index in [1.807, 2.05) is 36.1 Å². The summed E-state index contributed by atoms with van der Waals surface area (Å²) in [5.41, 5.74) is 6.24. The molecule has 38 heavy (non-hydrogen) atoms. The second kappa shape index (κ2) is 10.9. The van der Waals surface area contributed by atoms with Crippen LogP contribution in [0.4, 0.5) is 22.0 Å². The summed E-state index contributed by atoms with van der Waals surface area (Å²) >= 11 is 0. The van der Waals surface area contributed by atoms with Gasteiger partial charge >= 0.3 is 6.18 Å². The molecule has 1 saturated heterocycles. The van der Waals surface area contributed by atoms with E-state index in [-0.39, 0.29) is 11.4 Å². The van der Waals surface area contributed by atoms with Crippen LogP contribution in [0, 0.1) is 12.7 Å². The number of alkyl halides is 4. The zero-order valence-corrected chi connectivity index (χ0v) is 21.3. The van der Waals surface area contributed by atoms with Crippen molar-refractivity contribution in [3.8, 4) is 0 Å². The number of nitrogens with zero attached hydrogens (tertiary/aromatic N) is 1. The van der Waals surface area contributed by atoms with Gasteiger partial charge in [-0.2, -0.15) is 13.2 Å². The molecule has 1 aliphatic carbocycles. The molecule has 0 radical (unpaired) electrons. The Morgan fingerprint density at radius 2 is 1.71 bits per heavy atom. The molecule has 1 nitrogen and oxygen atoms in total. The van der Waals surface area contributed by atoms with E-state index in [1.165, 1.54) is 18.2 Å². The number of halogens is 5. The lowest BCUT2D eigenvalue weighted by molar-refractivity contribution is -0.137. The number of benzene rings is 3. The van der Waals surface area contributed by atoms with Gasteiger partial charge in [-0.25, -0.2) is 4.39 Å². The minimum Gasteiger partial charge on any atom is -0.295 e. The van der Waals surface area contributed by atoms with Crippen molar-refractivity contribution >= 4 is 17.2 Å². The SMILES string of the molecule is Cc1cc(F)ccc1C1=C(c2ccc(C=C3CN(CCCF)C3)c(C(F)(F)F)c2)c2ccccc2CCC1. The van der Waals surface area contributed by atoms with Crippen LogP contribution in [0.2, 0.25) is 0 Å². The van der Waals surface area contributed by atoms with E-state index in [2.05, 4.69) is 0 Å². The monoisotopic (exact) mass is 523 g/mol. The lowest BCUT2D eigenvalue weighted by Crippen LogP contribution is -2.40. The van der Waals surface area contributed by atoms with Gasteiger partial charge in [0.1, 0.15) is 5.82 Å². The quantitative estimate of drug-likeness (QED) is 0.293. The standard InChI is InChI=1S/C32H30F5N/c1-21-16-26(34)12-13-27(21)29-9-4-7-23-6-2-3-8-28(23)31(29)25-11-10-24(30(18-25)32(35,36)37)17-22-19-38(20-22)15-5-14-33/h2-3,6,8,10-13,16-18H,4-5,7,9,14-15,19-20H2,1H3. The van der Waals surface area contributed by atoms with Crippen LogP contribution in [0.5, 0.6) is 0 Å². The molecular weight excluding hydrogens is 493 g/mol. The third-order valence-corrected chi connectivity index (χ3v) is 7.44. The van der Waals surface area contributed by atoms with E-state index in [1.54, 1.807) is 24.3 Å². The molecule has 3 aromatic carbocycles. The molecule has 3 aromatic rings. The van der Waals surface area contributed by atoms with E-state index in [4.69, 9.17) is 0 Å². The number of rotatable bonds is 6. The summed E-state index contributed by atoms with van der Waals surface area (Å²) in [6, 6.07) is 17.1. The minimum absolute atomic E-state index is 0.142. The number of fused-ring (bicyclic) bond motifs is 1. The molecular formula is C32H30F5N. The van der Waals surface area contributed by atoms with Gasteiger partial charge in [0.2, 0.25) is 0 Å². The van der Waals surface area contributed by atoms with Gasteiger partial charge in [0, 0.05) is 19.6 Å². The van der Waals surface area contributed by atoms with Gasteiger partial charge < -0.3 is 0 Å². The third kappa shape index (κ3) is 5.46. The van der Waals surface area contributed by atoms with E-state index < -0.39 is 18.4 Å². The van der Waals surface area contributed by atoms with Crippen LogP contribution in [-0.2, 0) is 12.6 Å². The maximum absolute atomic E-state index is 14.4. The molecule has 0 spiro atoms. The highest BCUT2D eigenvalue weighted by Crippen LogP contribution is 2.43. The zero-order chi connectivity index (χ0) is 26.9. The molecule has 0 amide bonds. The second-order valence-electron chi connectivity index (χ2n) is 10.2. The summed E-state index contributed by atoms with van der Waals surface area (Å²) in [5, 5.41) is 0. The van der Waals surface area contributed by atoms with Gasteiger partial charge in [0.15, 0.2) is 0 Å². The van der Waals surface area contributed by atoms with E-state index in [0.717, 1.165) is 51.8 Å². The highest BCUT2D eigenvalue weighted by Gasteiger charge is 2.34. The summed E-state index contributed by atoms with van der Waals surface area (Å²) in [5.74, 6) is -0.335. The molecule has 198 valence electrons. The number of allylic oxidation sites excluding steroid dienone is 1. The molecule has 0 aromatic heterocycles. The Kier molecular flexibility index (Phi) is 7.53. The van der Waals surface area contributed by atoms with E-state index in [0.29, 0.717) is 38.0 Å². The van der Waals surface area contributed by atoms with E-state index >= 15 is 0 Å². The number of aryl methyl sites for hydroxylation is 2. The molecule has 2 aliphatic rings. The first-order valence-electron chi connectivity index (χ1n) is 13.0. The molecule has 0 bridgehead atoms. The van der Waals surface area contributed by atoms with Crippen LogP contribution in [0.15, 0.2) is 66.2 Å². The highest BCUT2D eigenvalue weighted by atomic mass is 19.4. The molecule has 0 N–H and O–H groups in total. The Balaban J connectivity index is 1.64. The smallest absolute Gasteiger partial charge is 0.295 e. The summed E-state index contributed by atoms with van der Waals surface area (Å²) in [6.07, 6.45) is -0.128. The van der Waals surface area contributed by atoms with Crippen LogP contribution >= 0.6 is 0 Å². The first-order valence-corrected chi connectivity index (χ1v) is 13.0. The van der Waals surface area contributed by atoms with Gasteiger partial charge in [-0.3, -0.25) is 9.29 Å². The predicted octanol–water partition coefficient (Wildman–Crippen LogP) is 8.51. The summed E-state index contributed by atoms with van der Waals surface area (Å²) < 4.78 is 69.5. The average Bonchev–Trinajstić information content (AvgIpc) is 3.04. The molecule has 0 saturated carbocycles. The molecule has 1 fully saturated rings. The van der Waals surface area contributed by atoms with Gasteiger partial charge in [-0.15, -0.1) is 0 Å². The summed E-state index contributed by atoms with van der Waals surface area (Å²) in [6.45, 7) is 3.18. The Morgan fingerprint density at radius 3 is 2.45 bits per heavy atom. The van der Waals surface area contributed by atoms with Gasteiger partial charge in [-0.1, -0.05) is 48.5 Å². The Bertz CT molecular complexity index is 1390. The normalized spacial score (nSPS) is 16.2. The number of hydrogen-bond acceptors (Lipinski definition) is 1. The molecule has 5 rings (SSSR count). The molecule has 1 heterocycles. The lowest BCUT2D eigenvalue weighted by Gasteiger charge is -2.34. The summed E-state index contributed by atoms with van der Waals surface area (Å²) in [4.78, 5) is 2.03. The zero-order valence-electron chi connectivity index (χ0n) is 21.3. The molecule has 0 atom stereocenters. The fraction of sp³-hybridized carbons (Fsp3) is 0.312. The Hall–Kier alpha value is -3.25. The summed E-state index contributed by atoms with van der Waals surface area (Å²) in [7, 11) is 0. The largest absolute Gasteiger partial charge is 0.417 e. The van der Waals surface area contributed by atoms with Gasteiger partial charge in [0.25, 0.3) is 0 Å². The second-order valence-corrected chi connectivity index (χ2v) is 10.2. The molecule has 0 unspecified atom stereocenters. The average molecular weight is 524 g/mol. The maximum Gasteiger partial charge on any atom is 0.417 e. The Morgan fingerprint density at radius 1 is 0.921 bits per heavy atom. The van der Waals surface area contributed by atoms with Crippen molar-refractivity contribution in [1.82, 2.24) is 4.90 Å². The topological polar surface area (TPSA) is 3.24 Å². The molecule has 6 heteroatoms. The van der Waals surface area contributed by atoms with Crippen molar-refractivity contribution in [2.45, 2.75) is 38.8 Å². The van der Waals surface area contributed by atoms with Gasteiger partial charge in [-0.05, 0) is 101 Å². The number of hydrogen-bond donors (Lipinski definition) is 0. The van der Waals surface area contributed by atoms with Crippen LogP contribution in [0.1, 0.15) is 58.2 Å². The maximum atomic E-state index is 14.4. The van der Waals surface area contributed by atoms with Crippen molar-refractivity contribution in [3.63, 3.8) is 0 Å². The van der Waals surface area contributed by atoms with Crippen LogP contribution in [0.25, 0.3) is 17.2 Å². The highest BCUT2D eigenvalue weighted by molar-refractivity contribution is 6.00. The van der Waals surface area contributed by atoms with Crippen molar-refractivity contribution in [2.24, 2.45) is 0 Å². The fourth-order valence-corrected chi connectivity index (χ4v) is 5.65. The van der Waals surface area contributed by atoms with Crippen molar-refractivity contribution < 1.29 is 22.0 Å². The predicted molar refractivity (Wildman–Crippen MR) is 143 cm³/mol. The van der Waals surface area contributed by atoms with Crippen molar-refractivity contribution in [3.05, 3.63) is 111 Å². The first-order chi connectivity index (χ1) is 18.2. The van der Waals surface area contributed by atoms with E-state index in [9.17, 15) is 22.0 Å². The minimum atomic E-state index is -4.53. The Labute approximate surface area is 220 Å². The fourth-order valence-electron chi connectivity index (χ4n) is 5.65. The molecule has 1 aliphatic heterocycles. The van der Waals surface area contributed by atoms with Crippen LogP contribution in [-0.4, -0.2) is 31.2 Å². The van der Waals surface area contributed by atoms with Crippen LogP contribution < -0.4 is 0 Å².